The molecule has 1 heterocycles. The fourth-order valence-corrected chi connectivity index (χ4v) is 2.81. The zero-order valence-corrected chi connectivity index (χ0v) is 12.9. The molecule has 0 aliphatic carbocycles. The molecule has 0 amide bonds. The number of rotatable bonds is 3. The molecule has 0 atom stereocenters. The molecule has 106 valence electrons. The van der Waals surface area contributed by atoms with Crippen LogP contribution >= 0.6 is 0 Å². The summed E-state index contributed by atoms with van der Waals surface area (Å²) in [4.78, 5) is 4.85. The molecule has 0 aliphatic heterocycles. The standard InChI is InChI=1S/C20H21N/c1-14(2)11-17-13-20(16-8-6-7-15(3)12-16)21-19-10-5-4-9-18(17)19/h4-10,12-14H,11H2,1-3H3. The van der Waals surface area contributed by atoms with Gasteiger partial charge in [0.25, 0.3) is 0 Å². The van der Waals surface area contributed by atoms with E-state index in [9.17, 15) is 0 Å². The summed E-state index contributed by atoms with van der Waals surface area (Å²) in [5.41, 5.74) is 6.03. The van der Waals surface area contributed by atoms with Crippen molar-refractivity contribution in [2.45, 2.75) is 27.2 Å². The summed E-state index contributed by atoms with van der Waals surface area (Å²) < 4.78 is 0. The van der Waals surface area contributed by atoms with Gasteiger partial charge in [-0.3, -0.25) is 0 Å². The average molecular weight is 275 g/mol. The Labute approximate surface area is 126 Å². The normalized spacial score (nSPS) is 11.2. The highest BCUT2D eigenvalue weighted by Gasteiger charge is 2.09. The Morgan fingerprint density at radius 1 is 0.952 bits per heavy atom. The van der Waals surface area contributed by atoms with Crippen LogP contribution < -0.4 is 0 Å². The molecule has 1 nitrogen and oxygen atoms in total. The third-order valence-electron chi connectivity index (χ3n) is 3.74. The van der Waals surface area contributed by atoms with Crippen molar-refractivity contribution < 1.29 is 0 Å². The van der Waals surface area contributed by atoms with Crippen LogP contribution in [0, 0.1) is 12.8 Å². The zero-order chi connectivity index (χ0) is 14.8. The van der Waals surface area contributed by atoms with Gasteiger partial charge in [0.2, 0.25) is 0 Å². The number of hydrogen-bond donors (Lipinski definition) is 0. The monoisotopic (exact) mass is 275 g/mol. The lowest BCUT2D eigenvalue weighted by molar-refractivity contribution is 0.650. The van der Waals surface area contributed by atoms with Gasteiger partial charge in [-0.15, -0.1) is 0 Å². The highest BCUT2D eigenvalue weighted by molar-refractivity contribution is 5.85. The highest BCUT2D eigenvalue weighted by atomic mass is 14.7. The van der Waals surface area contributed by atoms with E-state index in [-0.39, 0.29) is 0 Å². The topological polar surface area (TPSA) is 12.9 Å². The smallest absolute Gasteiger partial charge is 0.0712 e. The summed E-state index contributed by atoms with van der Waals surface area (Å²) in [6, 6.07) is 19.3. The van der Waals surface area contributed by atoms with E-state index in [1.54, 1.807) is 0 Å². The van der Waals surface area contributed by atoms with Crippen molar-refractivity contribution in [2.75, 3.05) is 0 Å². The minimum atomic E-state index is 0.640. The minimum absolute atomic E-state index is 0.640. The first-order valence-corrected chi connectivity index (χ1v) is 7.59. The van der Waals surface area contributed by atoms with E-state index in [2.05, 4.69) is 75.4 Å². The SMILES string of the molecule is Cc1cccc(-c2cc(CC(C)C)c3ccccc3n2)c1. The molecule has 0 bridgehead atoms. The first kappa shape index (κ1) is 13.8. The largest absolute Gasteiger partial charge is 0.248 e. The number of benzene rings is 2. The van der Waals surface area contributed by atoms with E-state index in [4.69, 9.17) is 4.98 Å². The van der Waals surface area contributed by atoms with Gasteiger partial charge in [-0.05, 0) is 43.0 Å². The Morgan fingerprint density at radius 3 is 2.52 bits per heavy atom. The summed E-state index contributed by atoms with van der Waals surface area (Å²) in [5.74, 6) is 0.640. The molecule has 1 aromatic heterocycles. The zero-order valence-electron chi connectivity index (χ0n) is 12.9. The van der Waals surface area contributed by atoms with E-state index in [0.717, 1.165) is 17.6 Å². The van der Waals surface area contributed by atoms with Gasteiger partial charge in [-0.2, -0.15) is 0 Å². The maximum Gasteiger partial charge on any atom is 0.0712 e. The number of aromatic nitrogens is 1. The van der Waals surface area contributed by atoms with Crippen LogP contribution in [0.4, 0.5) is 0 Å². The highest BCUT2D eigenvalue weighted by Crippen LogP contribution is 2.26. The predicted octanol–water partition coefficient (Wildman–Crippen LogP) is 5.41. The molecule has 21 heavy (non-hydrogen) atoms. The Kier molecular flexibility index (Phi) is 3.74. The third kappa shape index (κ3) is 2.97. The molecule has 0 saturated heterocycles. The third-order valence-corrected chi connectivity index (χ3v) is 3.74. The van der Waals surface area contributed by atoms with Gasteiger partial charge >= 0.3 is 0 Å². The summed E-state index contributed by atoms with van der Waals surface area (Å²) in [6.07, 6.45) is 1.09. The van der Waals surface area contributed by atoms with Crippen LogP contribution in [0.1, 0.15) is 25.0 Å². The van der Waals surface area contributed by atoms with Crippen molar-refractivity contribution in [3.05, 3.63) is 65.7 Å². The van der Waals surface area contributed by atoms with Crippen LogP contribution in [-0.2, 0) is 6.42 Å². The van der Waals surface area contributed by atoms with Crippen molar-refractivity contribution in [1.82, 2.24) is 4.98 Å². The van der Waals surface area contributed by atoms with E-state index in [1.807, 2.05) is 0 Å². The van der Waals surface area contributed by atoms with Gasteiger partial charge in [-0.25, -0.2) is 4.98 Å². The summed E-state index contributed by atoms with van der Waals surface area (Å²) in [6.45, 7) is 6.66. The first-order chi connectivity index (χ1) is 10.1. The lowest BCUT2D eigenvalue weighted by Crippen LogP contribution is -1.98. The molecule has 0 saturated carbocycles. The maximum absolute atomic E-state index is 4.85. The minimum Gasteiger partial charge on any atom is -0.248 e. The lowest BCUT2D eigenvalue weighted by atomic mass is 9.97. The van der Waals surface area contributed by atoms with Gasteiger partial charge in [0.1, 0.15) is 0 Å². The number of nitrogens with zero attached hydrogens (tertiary/aromatic N) is 1. The van der Waals surface area contributed by atoms with Gasteiger partial charge in [-0.1, -0.05) is 55.8 Å². The van der Waals surface area contributed by atoms with Gasteiger partial charge in [0, 0.05) is 10.9 Å². The molecule has 0 N–H and O–H groups in total. The Bertz CT molecular complexity index is 772. The molecule has 3 aromatic rings. The predicted molar refractivity (Wildman–Crippen MR) is 90.5 cm³/mol. The summed E-state index contributed by atoms with van der Waals surface area (Å²) >= 11 is 0. The van der Waals surface area contributed by atoms with Crippen molar-refractivity contribution in [1.29, 1.82) is 0 Å². The van der Waals surface area contributed by atoms with Crippen LogP contribution in [0.15, 0.2) is 54.6 Å². The fraction of sp³-hybridized carbons (Fsp3) is 0.250. The van der Waals surface area contributed by atoms with Crippen LogP contribution in [0.2, 0.25) is 0 Å². The number of fused-ring (bicyclic) bond motifs is 1. The summed E-state index contributed by atoms with van der Waals surface area (Å²) in [5, 5.41) is 1.28. The molecule has 0 fully saturated rings. The van der Waals surface area contributed by atoms with Crippen LogP contribution in [0.25, 0.3) is 22.2 Å². The molecule has 0 radical (unpaired) electrons. The van der Waals surface area contributed by atoms with E-state index >= 15 is 0 Å². The van der Waals surface area contributed by atoms with E-state index in [1.165, 1.54) is 22.1 Å². The second kappa shape index (κ2) is 5.69. The second-order valence-electron chi connectivity index (χ2n) is 6.15. The maximum atomic E-state index is 4.85. The summed E-state index contributed by atoms with van der Waals surface area (Å²) in [7, 11) is 0. The molecule has 0 unspecified atom stereocenters. The number of para-hydroxylation sites is 1. The first-order valence-electron chi connectivity index (χ1n) is 7.59. The van der Waals surface area contributed by atoms with E-state index < -0.39 is 0 Å². The molecular weight excluding hydrogens is 254 g/mol. The van der Waals surface area contributed by atoms with Crippen LogP contribution in [0.3, 0.4) is 0 Å². The van der Waals surface area contributed by atoms with Crippen molar-refractivity contribution >= 4 is 10.9 Å². The molecule has 3 rings (SSSR count). The Hall–Kier alpha value is -2.15. The van der Waals surface area contributed by atoms with Gasteiger partial charge in [0.15, 0.2) is 0 Å². The number of hydrogen-bond acceptors (Lipinski definition) is 1. The second-order valence-corrected chi connectivity index (χ2v) is 6.15. The van der Waals surface area contributed by atoms with Gasteiger partial charge in [0.05, 0.1) is 11.2 Å². The Morgan fingerprint density at radius 2 is 1.76 bits per heavy atom. The molecule has 0 aliphatic rings. The Balaban J connectivity index is 2.20. The number of aryl methyl sites for hydroxylation is 1. The molecule has 2 aromatic carbocycles. The van der Waals surface area contributed by atoms with E-state index in [0.29, 0.717) is 5.92 Å². The lowest BCUT2D eigenvalue weighted by Gasteiger charge is -2.12. The molecular formula is C20H21N. The average Bonchev–Trinajstić information content (AvgIpc) is 2.46. The van der Waals surface area contributed by atoms with Crippen LogP contribution in [-0.4, -0.2) is 4.98 Å². The van der Waals surface area contributed by atoms with Crippen LogP contribution in [0.5, 0.6) is 0 Å². The number of pyridine rings is 1. The molecule has 0 spiro atoms. The van der Waals surface area contributed by atoms with Crippen molar-refractivity contribution in [3.8, 4) is 11.3 Å². The van der Waals surface area contributed by atoms with Gasteiger partial charge < -0.3 is 0 Å². The fourth-order valence-electron chi connectivity index (χ4n) is 2.81. The van der Waals surface area contributed by atoms with Crippen molar-refractivity contribution in [2.24, 2.45) is 5.92 Å². The molecule has 1 heteroatoms. The van der Waals surface area contributed by atoms with Crippen molar-refractivity contribution in [3.63, 3.8) is 0 Å². The quantitative estimate of drug-likeness (QED) is 0.623.